The molecule has 0 aliphatic carbocycles. The van der Waals surface area contributed by atoms with Crippen LogP contribution in [0.5, 0.6) is 0 Å². The van der Waals surface area contributed by atoms with Crippen LogP contribution in [0.15, 0.2) is 60.6 Å². The molecule has 0 fully saturated rings. The Bertz CT molecular complexity index is 477. The van der Waals surface area contributed by atoms with Crippen LogP contribution >= 0.6 is 0 Å². The fourth-order valence-corrected chi connectivity index (χ4v) is 1.97. The summed E-state index contributed by atoms with van der Waals surface area (Å²) in [5.41, 5.74) is 4.23. The average molecular weight is 190 g/mol. The molecule has 0 aromatic heterocycles. The zero-order chi connectivity index (χ0) is 10.1. The molecule has 0 radical (unpaired) electrons. The van der Waals surface area contributed by atoms with Gasteiger partial charge < -0.3 is 0 Å². The minimum Gasteiger partial charge on any atom is -0.105 e. The lowest BCUT2D eigenvalue weighted by Gasteiger charge is -1.89. The Balaban J connectivity index is 1.77. The van der Waals surface area contributed by atoms with E-state index in [1.165, 1.54) is 16.5 Å². The van der Waals surface area contributed by atoms with Gasteiger partial charge in [0, 0.05) is 0 Å². The first-order chi connectivity index (χ1) is 7.45. The third kappa shape index (κ3) is 1.61. The van der Waals surface area contributed by atoms with Crippen LogP contribution in [0.2, 0.25) is 0 Å². The molecule has 0 saturated carbocycles. The Morgan fingerprint density at radius 2 is 1.33 bits per heavy atom. The van der Waals surface area contributed by atoms with Gasteiger partial charge in [-0.05, 0) is 5.56 Å². The molecule has 1 heteroatoms. The Kier molecular flexibility index (Phi) is 1.95. The van der Waals surface area contributed by atoms with Crippen molar-refractivity contribution >= 4 is 23.7 Å². The molecule has 15 heavy (non-hydrogen) atoms. The summed E-state index contributed by atoms with van der Waals surface area (Å²) >= 11 is 0. The summed E-state index contributed by atoms with van der Waals surface area (Å²) in [6.07, 6.45) is 2.20. The Morgan fingerprint density at radius 1 is 0.733 bits per heavy atom. The fourth-order valence-electron chi connectivity index (χ4n) is 1.97. The predicted molar refractivity (Wildman–Crippen MR) is 66.9 cm³/mol. The lowest BCUT2D eigenvalue weighted by Crippen LogP contribution is -1.98. The van der Waals surface area contributed by atoms with Crippen LogP contribution < -0.4 is 10.9 Å². The van der Waals surface area contributed by atoms with E-state index in [1.807, 2.05) is 6.07 Å². The van der Waals surface area contributed by atoms with Crippen molar-refractivity contribution in [2.24, 2.45) is 0 Å². The Labute approximate surface area is 90.3 Å². The molecule has 1 heterocycles. The number of rotatable bonds is 2. The van der Waals surface area contributed by atoms with E-state index in [0.29, 0.717) is 6.71 Å². The first-order valence-corrected chi connectivity index (χ1v) is 5.27. The minimum atomic E-state index is 0.570. The molecule has 70 valence electrons. The van der Waals surface area contributed by atoms with Crippen LogP contribution in [0, 0.1) is 0 Å². The van der Waals surface area contributed by atoms with E-state index in [0.717, 1.165) is 0 Å². The van der Waals surface area contributed by atoms with Gasteiger partial charge in [0.1, 0.15) is 0 Å². The second-order valence-electron chi connectivity index (χ2n) is 3.88. The molecular formula is C14H11B. The van der Waals surface area contributed by atoms with Gasteiger partial charge in [-0.1, -0.05) is 71.6 Å². The van der Waals surface area contributed by atoms with Gasteiger partial charge in [0.15, 0.2) is 0 Å². The summed E-state index contributed by atoms with van der Waals surface area (Å²) in [7, 11) is 0. The molecule has 0 spiro atoms. The lowest BCUT2D eigenvalue weighted by molar-refractivity contribution is 1.66. The smallest absolute Gasteiger partial charge is 0.105 e. The molecule has 3 rings (SSSR count). The van der Waals surface area contributed by atoms with Crippen molar-refractivity contribution in [3.05, 3.63) is 66.1 Å². The standard InChI is InChI=1S/C14H11B/c1-2-6-12(7-3-1)10-11-15-13-8-4-5-9-14(13)15/h1-11H/b11-10+. The Morgan fingerprint density at radius 3 is 2.00 bits per heavy atom. The monoisotopic (exact) mass is 190 g/mol. The van der Waals surface area contributed by atoms with Crippen LogP contribution in [0.25, 0.3) is 6.08 Å². The van der Waals surface area contributed by atoms with Gasteiger partial charge in [-0.3, -0.25) is 0 Å². The van der Waals surface area contributed by atoms with Crippen molar-refractivity contribution in [3.63, 3.8) is 0 Å². The second-order valence-corrected chi connectivity index (χ2v) is 3.88. The van der Waals surface area contributed by atoms with E-state index in [-0.39, 0.29) is 0 Å². The third-order valence-corrected chi connectivity index (χ3v) is 2.86. The molecule has 1 aliphatic heterocycles. The van der Waals surface area contributed by atoms with Gasteiger partial charge in [-0.2, -0.15) is 0 Å². The zero-order valence-electron chi connectivity index (χ0n) is 8.43. The number of hydrogen-bond donors (Lipinski definition) is 0. The van der Waals surface area contributed by atoms with Crippen molar-refractivity contribution in [2.45, 2.75) is 0 Å². The van der Waals surface area contributed by atoms with Gasteiger partial charge in [0.05, 0.1) is 0 Å². The first kappa shape index (κ1) is 8.54. The quantitative estimate of drug-likeness (QED) is 0.634. The summed E-state index contributed by atoms with van der Waals surface area (Å²) in [6.45, 7) is 0.570. The van der Waals surface area contributed by atoms with Crippen molar-refractivity contribution in [1.29, 1.82) is 0 Å². The third-order valence-electron chi connectivity index (χ3n) is 2.86. The van der Waals surface area contributed by atoms with Crippen molar-refractivity contribution in [1.82, 2.24) is 0 Å². The zero-order valence-corrected chi connectivity index (χ0v) is 8.43. The number of hydrogen-bond acceptors (Lipinski definition) is 0. The number of benzene rings is 2. The molecule has 1 aliphatic rings. The lowest BCUT2D eigenvalue weighted by atomic mass is 9.64. The SMILES string of the molecule is C(=C\c1ccccc1)/B1c2ccccc21. The molecule has 0 saturated heterocycles. The van der Waals surface area contributed by atoms with Crippen LogP contribution in [-0.2, 0) is 0 Å². The maximum absolute atomic E-state index is 2.28. The molecule has 0 nitrogen and oxygen atoms in total. The van der Waals surface area contributed by atoms with Gasteiger partial charge >= 0.3 is 0 Å². The van der Waals surface area contributed by atoms with Crippen molar-refractivity contribution in [3.8, 4) is 0 Å². The van der Waals surface area contributed by atoms with Crippen LogP contribution in [0.1, 0.15) is 5.56 Å². The van der Waals surface area contributed by atoms with E-state index in [2.05, 4.69) is 60.6 Å². The molecule has 2 aromatic rings. The molecule has 0 bridgehead atoms. The van der Waals surface area contributed by atoms with E-state index in [1.54, 1.807) is 0 Å². The molecule has 0 atom stereocenters. The largest absolute Gasteiger partial charge is 0.232 e. The van der Waals surface area contributed by atoms with Crippen LogP contribution in [-0.4, -0.2) is 6.71 Å². The summed E-state index contributed by atoms with van der Waals surface area (Å²) in [5.74, 6) is 2.28. The first-order valence-electron chi connectivity index (χ1n) is 5.27. The molecule has 0 amide bonds. The van der Waals surface area contributed by atoms with Crippen LogP contribution in [0.4, 0.5) is 0 Å². The van der Waals surface area contributed by atoms with E-state index >= 15 is 0 Å². The van der Waals surface area contributed by atoms with Crippen molar-refractivity contribution in [2.75, 3.05) is 0 Å². The highest BCUT2D eigenvalue weighted by atomic mass is 14.0. The molecule has 0 unspecified atom stereocenters. The summed E-state index contributed by atoms with van der Waals surface area (Å²) < 4.78 is 0. The van der Waals surface area contributed by atoms with E-state index < -0.39 is 0 Å². The fraction of sp³-hybridized carbons (Fsp3) is 0. The summed E-state index contributed by atoms with van der Waals surface area (Å²) in [5, 5.41) is 0. The normalized spacial score (nSPS) is 12.9. The predicted octanol–water partition coefficient (Wildman–Crippen LogP) is 1.86. The van der Waals surface area contributed by atoms with Crippen LogP contribution in [0.3, 0.4) is 0 Å². The average Bonchev–Trinajstić information content (AvgIpc) is 3.01. The van der Waals surface area contributed by atoms with Gasteiger partial charge in [0.25, 0.3) is 0 Å². The number of fused-ring (bicyclic) bond motifs is 1. The van der Waals surface area contributed by atoms with Gasteiger partial charge in [-0.15, -0.1) is 5.98 Å². The van der Waals surface area contributed by atoms with Gasteiger partial charge in [-0.25, -0.2) is 0 Å². The molecule has 2 aromatic carbocycles. The molecule has 0 N–H and O–H groups in total. The summed E-state index contributed by atoms with van der Waals surface area (Å²) in [6, 6.07) is 19.1. The highest BCUT2D eigenvalue weighted by Gasteiger charge is 2.32. The maximum Gasteiger partial charge on any atom is 0.232 e. The Hall–Kier alpha value is -1.76. The highest BCUT2D eigenvalue weighted by molar-refractivity contribution is 7.05. The summed E-state index contributed by atoms with van der Waals surface area (Å²) in [4.78, 5) is 0. The topological polar surface area (TPSA) is 0 Å². The minimum absolute atomic E-state index is 0.570. The maximum atomic E-state index is 2.28. The van der Waals surface area contributed by atoms with E-state index in [9.17, 15) is 0 Å². The van der Waals surface area contributed by atoms with Crippen molar-refractivity contribution < 1.29 is 0 Å². The molecular weight excluding hydrogens is 179 g/mol. The second kappa shape index (κ2) is 3.43. The highest BCUT2D eigenvalue weighted by Crippen LogP contribution is 2.06. The van der Waals surface area contributed by atoms with Gasteiger partial charge in [0.2, 0.25) is 6.71 Å². The van der Waals surface area contributed by atoms with E-state index in [4.69, 9.17) is 0 Å².